The fourth-order valence-corrected chi connectivity index (χ4v) is 22.1. The van der Waals surface area contributed by atoms with E-state index in [0.29, 0.717) is 0 Å². The van der Waals surface area contributed by atoms with E-state index < -0.39 is 10.8 Å². The molecule has 0 radical (unpaired) electrons. The predicted molar refractivity (Wildman–Crippen MR) is 468 cm³/mol. The molecule has 0 saturated heterocycles. The lowest BCUT2D eigenvalue weighted by Gasteiger charge is -2.35. The molecule has 0 unspecified atom stereocenters. The van der Waals surface area contributed by atoms with Gasteiger partial charge in [-0.1, -0.05) is 241 Å². The average Bonchev–Trinajstić information content (AvgIpc) is 1.54. The number of rotatable bonds is 19. The second kappa shape index (κ2) is 27.8. The maximum atomic E-state index is 2.50. The van der Waals surface area contributed by atoms with Crippen LogP contribution in [0.15, 0.2) is 403 Å². The van der Waals surface area contributed by atoms with Crippen molar-refractivity contribution in [3.8, 4) is 33.4 Å². The van der Waals surface area contributed by atoms with Crippen LogP contribution in [0.3, 0.4) is 0 Å². The highest BCUT2D eigenvalue weighted by molar-refractivity contribution is 8.00. The van der Waals surface area contributed by atoms with E-state index >= 15 is 0 Å². The molecule has 0 amide bonds. The van der Waals surface area contributed by atoms with Gasteiger partial charge in [-0.2, -0.15) is 0 Å². The Morgan fingerprint density at radius 1 is 0.179 bits per heavy atom. The van der Waals surface area contributed by atoms with Crippen LogP contribution in [0.25, 0.3) is 33.4 Å². The summed E-state index contributed by atoms with van der Waals surface area (Å²) in [7, 11) is 0. The highest BCUT2D eigenvalue weighted by Crippen LogP contribution is 2.60. The van der Waals surface area contributed by atoms with Gasteiger partial charge in [0.15, 0.2) is 0 Å². The highest BCUT2D eigenvalue weighted by atomic mass is 32.2. The smallest absolute Gasteiger partial charge is 0.0714 e. The molecular formula is C106H76N2S4. The molecule has 534 valence electrons. The zero-order valence-electron chi connectivity index (χ0n) is 61.8. The number of para-hydroxylation sites is 2. The largest absolute Gasteiger partial charge is 0.310 e. The van der Waals surface area contributed by atoms with E-state index in [-0.39, 0.29) is 0 Å². The Labute approximate surface area is 673 Å². The summed E-state index contributed by atoms with van der Waals surface area (Å²) in [6.45, 7) is 0. The summed E-state index contributed by atoms with van der Waals surface area (Å²) < 4.78 is 0. The first-order chi connectivity index (χ1) is 55.4. The molecule has 16 aromatic rings. The minimum absolute atomic E-state index is 0.629. The van der Waals surface area contributed by atoms with Crippen LogP contribution in [0.5, 0.6) is 0 Å². The van der Waals surface area contributed by atoms with Crippen LogP contribution in [-0.2, 0) is 62.2 Å². The molecule has 0 aliphatic heterocycles. The first kappa shape index (κ1) is 67.4. The van der Waals surface area contributed by atoms with Crippen LogP contribution >= 0.6 is 47.0 Å². The van der Waals surface area contributed by atoms with Gasteiger partial charge >= 0.3 is 0 Å². The van der Waals surface area contributed by atoms with E-state index in [1.807, 2.05) is 47.0 Å². The van der Waals surface area contributed by atoms with Crippen LogP contribution in [0.2, 0.25) is 0 Å². The van der Waals surface area contributed by atoms with Crippen molar-refractivity contribution in [3.05, 3.63) is 453 Å². The summed E-state index contributed by atoms with van der Waals surface area (Å²) in [5.74, 6) is 0. The van der Waals surface area contributed by atoms with E-state index in [1.54, 1.807) is 0 Å². The Hall–Kier alpha value is -11.5. The lowest BCUT2D eigenvalue weighted by Crippen LogP contribution is -2.28. The minimum Gasteiger partial charge on any atom is -0.310 e. The van der Waals surface area contributed by atoms with Crippen molar-refractivity contribution in [2.24, 2.45) is 0 Å². The van der Waals surface area contributed by atoms with E-state index in [4.69, 9.17) is 0 Å². The van der Waals surface area contributed by atoms with Gasteiger partial charge in [0.2, 0.25) is 0 Å². The normalized spacial score (nSPS) is 14.2. The van der Waals surface area contributed by atoms with Gasteiger partial charge in [0.25, 0.3) is 0 Å². The molecule has 0 aromatic heterocycles. The van der Waals surface area contributed by atoms with Crippen molar-refractivity contribution in [1.82, 2.24) is 0 Å². The fraction of sp³-hybridized carbons (Fsp3) is 0.0943. The maximum Gasteiger partial charge on any atom is 0.0714 e. The molecular weight excluding hydrogens is 1430 g/mol. The van der Waals surface area contributed by atoms with Gasteiger partial charge in [0, 0.05) is 73.3 Å². The molecule has 16 aromatic carbocycles. The fourth-order valence-electron chi connectivity index (χ4n) is 18.6. The Balaban J connectivity index is 0.613. The number of hydrogen-bond donors (Lipinski definition) is 0. The Kier molecular flexibility index (Phi) is 16.7. The van der Waals surface area contributed by atoms with Crippen molar-refractivity contribution < 1.29 is 0 Å². The third-order valence-electron chi connectivity index (χ3n) is 24.6. The lowest BCUT2D eigenvalue weighted by atomic mass is 9.67. The SMILES string of the molecule is c1ccc(N(c2ccc(-c3ccc(N(c4ccccc4)c4ccc5c(c4)C(c4ccc(Sc6ccc7c(c6)CC7)cc4)(c4ccc(Sc6ccc7c(c6)CC7)cc4)c4ccccc4-5)cc3)cc2)c2ccc3c(c2)C(c2ccc(Sc4ccc5c(c4)CC5)cc2)(c2ccc(Sc4ccc5c(c4)CC5)cc2)c2ccccc2-3)cc1. The van der Waals surface area contributed by atoms with Crippen LogP contribution in [0.4, 0.5) is 34.1 Å². The first-order valence-corrected chi connectivity index (χ1v) is 42.7. The molecule has 6 heteroatoms. The van der Waals surface area contributed by atoms with E-state index in [9.17, 15) is 0 Å². The minimum atomic E-state index is -0.629. The molecule has 6 aliphatic rings. The maximum absolute atomic E-state index is 2.50. The molecule has 22 rings (SSSR count). The summed E-state index contributed by atoms with van der Waals surface area (Å²) in [6.07, 6.45) is 9.45. The highest BCUT2D eigenvalue weighted by Gasteiger charge is 2.48. The number of aryl methyl sites for hydroxylation is 8. The number of benzene rings is 16. The van der Waals surface area contributed by atoms with Crippen molar-refractivity contribution in [2.45, 2.75) is 101 Å². The Bertz CT molecular complexity index is 5760. The summed E-state index contributed by atoms with van der Waals surface area (Å²) in [4.78, 5) is 15.0. The van der Waals surface area contributed by atoms with Gasteiger partial charge < -0.3 is 9.80 Å². The molecule has 2 nitrogen and oxygen atoms in total. The zero-order chi connectivity index (χ0) is 73.9. The molecule has 0 N–H and O–H groups in total. The van der Waals surface area contributed by atoms with Gasteiger partial charge in [0.05, 0.1) is 10.8 Å². The monoisotopic (exact) mass is 1500 g/mol. The molecule has 112 heavy (non-hydrogen) atoms. The number of anilines is 6. The van der Waals surface area contributed by atoms with E-state index in [0.717, 1.165) is 45.3 Å². The van der Waals surface area contributed by atoms with Crippen LogP contribution in [0, 0.1) is 0 Å². The topological polar surface area (TPSA) is 6.48 Å². The second-order valence-electron chi connectivity index (χ2n) is 30.7. The van der Waals surface area contributed by atoms with Gasteiger partial charge in [-0.3, -0.25) is 0 Å². The Morgan fingerprint density at radius 2 is 0.429 bits per heavy atom. The molecule has 0 atom stereocenters. The molecule has 0 saturated carbocycles. The quantitative estimate of drug-likeness (QED) is 0.0790. The van der Waals surface area contributed by atoms with Crippen LogP contribution < -0.4 is 9.80 Å². The third kappa shape index (κ3) is 11.6. The summed E-state index contributed by atoms with van der Waals surface area (Å²) >= 11 is 7.45. The van der Waals surface area contributed by atoms with E-state index in [1.165, 1.54) is 202 Å². The Morgan fingerprint density at radius 3 is 0.714 bits per heavy atom. The number of fused-ring (bicyclic) bond motifs is 10. The van der Waals surface area contributed by atoms with Crippen LogP contribution in [-0.4, -0.2) is 0 Å². The van der Waals surface area contributed by atoms with Gasteiger partial charge in [-0.15, -0.1) is 0 Å². The van der Waals surface area contributed by atoms with Crippen LogP contribution in [0.1, 0.15) is 89.0 Å². The first-order valence-electron chi connectivity index (χ1n) is 39.4. The number of hydrogen-bond acceptors (Lipinski definition) is 6. The van der Waals surface area contributed by atoms with Gasteiger partial charge in [-0.05, 0) is 344 Å². The molecule has 0 bridgehead atoms. The summed E-state index contributed by atoms with van der Waals surface area (Å²) in [5, 5.41) is 0. The van der Waals surface area contributed by atoms with Gasteiger partial charge in [-0.25, -0.2) is 0 Å². The van der Waals surface area contributed by atoms with Crippen molar-refractivity contribution in [2.75, 3.05) is 9.80 Å². The molecule has 0 heterocycles. The predicted octanol–water partition coefficient (Wildman–Crippen LogP) is 28.0. The zero-order valence-corrected chi connectivity index (χ0v) is 65.1. The van der Waals surface area contributed by atoms with Crippen molar-refractivity contribution >= 4 is 81.2 Å². The lowest BCUT2D eigenvalue weighted by molar-refractivity contribution is 0.766. The average molecular weight is 1510 g/mol. The summed E-state index contributed by atoms with van der Waals surface area (Å²) in [6, 6.07) is 139. The molecule has 0 spiro atoms. The van der Waals surface area contributed by atoms with Crippen molar-refractivity contribution in [3.63, 3.8) is 0 Å². The molecule has 0 fully saturated rings. The number of nitrogens with zero attached hydrogens (tertiary/aromatic N) is 2. The standard InChI is InChI=1S/C106H76N2S4/c1-3-11-83(12-4-1)107(87-47-61-99-97-15-7-9-17-101(97)105(103(99)67-87,79-35-53-89(54-36-79)109-93-49-31-71-19-23-75(71)63-93)80-37-55-90(56-38-80)110-94-50-32-72-20-24-76(72)64-94)85-43-27-69(28-44-85)70-29-45-86(46-30-70)108(84-13-5-2-6-14-84)88-48-62-100-98-16-8-10-18-102(98)106(104(100)68-88,81-39-57-91(58-40-81)111-95-51-33-73-21-25-77(73)65-95)82-41-59-92(60-42-82)112-96-52-34-74-22-26-78(74)66-96/h1-18,27-68H,19-26H2. The molecule has 6 aliphatic carbocycles. The summed E-state index contributed by atoms with van der Waals surface area (Å²) in [5.41, 5.74) is 34.7. The third-order valence-corrected chi connectivity index (χ3v) is 28.6. The second-order valence-corrected chi connectivity index (χ2v) is 35.3. The van der Waals surface area contributed by atoms with Crippen molar-refractivity contribution in [1.29, 1.82) is 0 Å². The van der Waals surface area contributed by atoms with Gasteiger partial charge in [0.1, 0.15) is 0 Å². The van der Waals surface area contributed by atoms with E-state index in [2.05, 4.69) is 374 Å².